The summed E-state index contributed by atoms with van der Waals surface area (Å²) in [5.41, 5.74) is 1.30. The van der Waals surface area contributed by atoms with E-state index in [0.29, 0.717) is 17.9 Å². The van der Waals surface area contributed by atoms with Crippen molar-refractivity contribution in [1.29, 1.82) is 0 Å². The number of hydrogen-bond donors (Lipinski definition) is 2. The molecule has 0 spiro atoms. The molecule has 2 aromatic rings. The molecule has 0 amide bonds. The number of nitrogens with zero attached hydrogens (tertiary/aromatic N) is 2. The summed E-state index contributed by atoms with van der Waals surface area (Å²) in [5.74, 6) is 0.540. The van der Waals surface area contributed by atoms with Crippen molar-refractivity contribution in [2.24, 2.45) is 0 Å². The molecule has 0 aliphatic carbocycles. The van der Waals surface area contributed by atoms with Gasteiger partial charge in [0.05, 0.1) is 0 Å². The van der Waals surface area contributed by atoms with Crippen LogP contribution >= 0.6 is 0 Å². The Morgan fingerprint density at radius 1 is 1.44 bits per heavy atom. The van der Waals surface area contributed by atoms with Crippen LogP contribution in [0.15, 0.2) is 35.5 Å². The van der Waals surface area contributed by atoms with E-state index in [1.165, 1.54) is 0 Å². The molecule has 0 atom stereocenters. The average Bonchev–Trinajstić information content (AvgIpc) is 2.33. The van der Waals surface area contributed by atoms with E-state index in [0.717, 1.165) is 5.56 Å². The Balaban J connectivity index is 2.39. The van der Waals surface area contributed by atoms with Gasteiger partial charge in [0.15, 0.2) is 0 Å². The van der Waals surface area contributed by atoms with Crippen molar-refractivity contribution in [2.75, 3.05) is 7.05 Å². The highest BCUT2D eigenvalue weighted by atomic mass is 16.1. The molecular formula is C11H12N4O. The Bertz CT molecular complexity index is 521. The van der Waals surface area contributed by atoms with Crippen LogP contribution in [-0.2, 0) is 6.54 Å². The van der Waals surface area contributed by atoms with Crippen LogP contribution in [0.1, 0.15) is 5.56 Å². The van der Waals surface area contributed by atoms with E-state index >= 15 is 0 Å². The molecule has 0 aliphatic heterocycles. The third kappa shape index (κ3) is 2.14. The van der Waals surface area contributed by atoms with Crippen LogP contribution < -0.4 is 10.9 Å². The van der Waals surface area contributed by atoms with Gasteiger partial charge in [0.2, 0.25) is 0 Å². The lowest BCUT2D eigenvalue weighted by Crippen LogP contribution is -2.19. The van der Waals surface area contributed by atoms with Crippen LogP contribution in [0.5, 0.6) is 0 Å². The number of pyridine rings is 1. The van der Waals surface area contributed by atoms with Gasteiger partial charge in [0, 0.05) is 36.3 Å². The van der Waals surface area contributed by atoms with Gasteiger partial charge in [-0.2, -0.15) is 0 Å². The topological polar surface area (TPSA) is 70.7 Å². The Morgan fingerprint density at radius 2 is 2.31 bits per heavy atom. The highest BCUT2D eigenvalue weighted by Gasteiger charge is 2.03. The first kappa shape index (κ1) is 10.5. The fourth-order valence-electron chi connectivity index (χ4n) is 1.39. The van der Waals surface area contributed by atoms with Gasteiger partial charge in [-0.15, -0.1) is 0 Å². The quantitative estimate of drug-likeness (QED) is 0.786. The molecule has 82 valence electrons. The molecule has 0 radical (unpaired) electrons. The normalized spacial score (nSPS) is 10.3. The van der Waals surface area contributed by atoms with Crippen LogP contribution in [0, 0.1) is 0 Å². The summed E-state index contributed by atoms with van der Waals surface area (Å²) in [6, 6.07) is 3.65. The molecule has 5 nitrogen and oxygen atoms in total. The van der Waals surface area contributed by atoms with Crippen molar-refractivity contribution >= 4 is 0 Å². The molecule has 5 heteroatoms. The van der Waals surface area contributed by atoms with Gasteiger partial charge in [-0.1, -0.05) is 0 Å². The second kappa shape index (κ2) is 4.67. The Kier molecular flexibility index (Phi) is 3.07. The summed E-state index contributed by atoms with van der Waals surface area (Å²) in [7, 11) is 1.79. The second-order valence-electron chi connectivity index (χ2n) is 3.36. The number of aromatic amines is 1. The molecule has 0 saturated carbocycles. The standard InChI is InChI=1S/C11H12N4O/c1-12-5-9-7-14-10(15-11(9)16)8-3-2-4-13-6-8/h2-4,6-7,12H,5H2,1H3,(H,14,15,16). The number of H-pyrrole nitrogens is 1. The zero-order chi connectivity index (χ0) is 11.4. The molecule has 0 saturated heterocycles. The summed E-state index contributed by atoms with van der Waals surface area (Å²) in [6.07, 6.45) is 4.92. The Hall–Kier alpha value is -2.01. The van der Waals surface area contributed by atoms with E-state index in [4.69, 9.17) is 0 Å². The Labute approximate surface area is 92.6 Å². The van der Waals surface area contributed by atoms with Crippen LogP contribution in [0.3, 0.4) is 0 Å². The lowest BCUT2D eigenvalue weighted by atomic mass is 10.2. The van der Waals surface area contributed by atoms with Crippen molar-refractivity contribution in [3.05, 3.63) is 46.6 Å². The first-order valence-corrected chi connectivity index (χ1v) is 4.94. The molecule has 0 aliphatic rings. The van der Waals surface area contributed by atoms with E-state index in [9.17, 15) is 4.79 Å². The van der Waals surface area contributed by atoms with Crippen LogP contribution in [0.2, 0.25) is 0 Å². The zero-order valence-corrected chi connectivity index (χ0v) is 8.90. The highest BCUT2D eigenvalue weighted by molar-refractivity contribution is 5.52. The van der Waals surface area contributed by atoms with Gasteiger partial charge < -0.3 is 10.3 Å². The van der Waals surface area contributed by atoms with Crippen LogP contribution in [-0.4, -0.2) is 22.0 Å². The van der Waals surface area contributed by atoms with Crippen molar-refractivity contribution in [2.45, 2.75) is 6.54 Å². The van der Waals surface area contributed by atoms with Crippen LogP contribution in [0.25, 0.3) is 11.4 Å². The molecule has 0 fully saturated rings. The molecular weight excluding hydrogens is 204 g/mol. The fraction of sp³-hybridized carbons (Fsp3) is 0.182. The predicted molar refractivity (Wildman–Crippen MR) is 60.9 cm³/mol. The molecule has 0 aromatic carbocycles. The minimum absolute atomic E-state index is 0.122. The maximum atomic E-state index is 11.6. The van der Waals surface area contributed by atoms with Gasteiger partial charge in [-0.05, 0) is 19.2 Å². The van der Waals surface area contributed by atoms with E-state index < -0.39 is 0 Å². The van der Waals surface area contributed by atoms with Crippen LogP contribution in [0.4, 0.5) is 0 Å². The molecule has 0 unspecified atom stereocenters. The third-order valence-electron chi connectivity index (χ3n) is 2.18. The van der Waals surface area contributed by atoms with Gasteiger partial charge >= 0.3 is 0 Å². The maximum Gasteiger partial charge on any atom is 0.255 e. The summed E-state index contributed by atoms with van der Waals surface area (Å²) in [6.45, 7) is 0.510. The minimum atomic E-state index is -0.122. The van der Waals surface area contributed by atoms with Crippen molar-refractivity contribution in [1.82, 2.24) is 20.3 Å². The van der Waals surface area contributed by atoms with Gasteiger partial charge in [0.1, 0.15) is 5.82 Å². The molecule has 2 N–H and O–H groups in total. The number of rotatable bonds is 3. The van der Waals surface area contributed by atoms with E-state index in [1.54, 1.807) is 31.7 Å². The number of nitrogens with one attached hydrogen (secondary N) is 2. The fourth-order valence-corrected chi connectivity index (χ4v) is 1.39. The highest BCUT2D eigenvalue weighted by Crippen LogP contribution is 2.09. The van der Waals surface area contributed by atoms with E-state index in [-0.39, 0.29) is 5.56 Å². The van der Waals surface area contributed by atoms with Gasteiger partial charge in [-0.3, -0.25) is 9.78 Å². The van der Waals surface area contributed by atoms with Crippen molar-refractivity contribution in [3.63, 3.8) is 0 Å². The average molecular weight is 216 g/mol. The number of hydrogen-bond acceptors (Lipinski definition) is 4. The first-order chi connectivity index (χ1) is 7.81. The Morgan fingerprint density at radius 3 is 2.94 bits per heavy atom. The lowest BCUT2D eigenvalue weighted by Gasteiger charge is -2.02. The zero-order valence-electron chi connectivity index (χ0n) is 8.90. The van der Waals surface area contributed by atoms with Crippen molar-refractivity contribution < 1.29 is 0 Å². The molecule has 2 aromatic heterocycles. The molecule has 2 rings (SSSR count). The second-order valence-corrected chi connectivity index (χ2v) is 3.36. The first-order valence-electron chi connectivity index (χ1n) is 4.94. The summed E-state index contributed by atoms with van der Waals surface area (Å²) >= 11 is 0. The monoisotopic (exact) mass is 216 g/mol. The smallest absolute Gasteiger partial charge is 0.255 e. The minimum Gasteiger partial charge on any atom is -0.315 e. The summed E-state index contributed by atoms with van der Waals surface area (Å²) in [4.78, 5) is 22.5. The third-order valence-corrected chi connectivity index (χ3v) is 2.18. The maximum absolute atomic E-state index is 11.6. The van der Waals surface area contributed by atoms with Crippen molar-refractivity contribution in [3.8, 4) is 11.4 Å². The SMILES string of the molecule is CNCc1cnc(-c2cccnc2)[nH]c1=O. The predicted octanol–water partition coefficient (Wildman–Crippen LogP) is 0.551. The summed E-state index contributed by atoms with van der Waals surface area (Å²) < 4.78 is 0. The van der Waals surface area contributed by atoms with E-state index in [1.807, 2.05) is 6.07 Å². The van der Waals surface area contributed by atoms with E-state index in [2.05, 4.69) is 20.3 Å². The molecule has 16 heavy (non-hydrogen) atoms. The van der Waals surface area contributed by atoms with Gasteiger partial charge in [0.25, 0.3) is 5.56 Å². The lowest BCUT2D eigenvalue weighted by molar-refractivity contribution is 0.798. The molecule has 2 heterocycles. The number of aromatic nitrogens is 3. The van der Waals surface area contributed by atoms with Gasteiger partial charge in [-0.25, -0.2) is 4.98 Å². The molecule has 0 bridgehead atoms. The largest absolute Gasteiger partial charge is 0.315 e. The summed E-state index contributed by atoms with van der Waals surface area (Å²) in [5, 5.41) is 2.91.